The second-order valence-electron chi connectivity index (χ2n) is 7.83. The molecule has 1 aromatic heterocycles. The summed E-state index contributed by atoms with van der Waals surface area (Å²) in [5.74, 6) is -2.39. The van der Waals surface area contributed by atoms with Gasteiger partial charge in [0.2, 0.25) is 0 Å². The van der Waals surface area contributed by atoms with Crippen LogP contribution >= 0.6 is 0 Å². The molecule has 31 heavy (non-hydrogen) atoms. The van der Waals surface area contributed by atoms with E-state index in [1.165, 1.54) is 24.3 Å². The maximum atomic E-state index is 15.2. The number of hydrogen-bond donors (Lipinski definition) is 2. The lowest BCUT2D eigenvalue weighted by atomic mass is 9.87. The Hall–Kier alpha value is -2.20. The second-order valence-corrected chi connectivity index (χ2v) is 7.83. The van der Waals surface area contributed by atoms with Crippen molar-refractivity contribution in [3.63, 3.8) is 0 Å². The molecule has 2 N–H and O–H groups in total. The molecule has 1 heterocycles. The van der Waals surface area contributed by atoms with E-state index in [1.807, 2.05) is 0 Å². The largest absolute Gasteiger partial charge is 0.430 e. The van der Waals surface area contributed by atoms with E-state index in [0.29, 0.717) is 6.07 Å². The van der Waals surface area contributed by atoms with Gasteiger partial charge < -0.3 is 10.4 Å². The maximum Gasteiger partial charge on any atom is 0.430 e. The second kappa shape index (κ2) is 8.05. The summed E-state index contributed by atoms with van der Waals surface area (Å²) in [6, 6.07) is 6.20. The molecule has 1 saturated carbocycles. The third kappa shape index (κ3) is 4.27. The summed E-state index contributed by atoms with van der Waals surface area (Å²) in [6.07, 6.45) is -11.0. The zero-order chi connectivity index (χ0) is 23.2. The standard InChI is InChI=1S/C21H21F7N2O/c1-11-3-5-13(6-4-11)18-17(22)15(19(31,20(23,24)25)21(26,27)28)9-16(30-18)14(10-29-2)12-7-8-12/h3-6,9,12,14,29,31H,7-8,10H2,1-2H3. The van der Waals surface area contributed by atoms with E-state index in [9.17, 15) is 31.4 Å². The van der Waals surface area contributed by atoms with E-state index in [1.54, 1.807) is 14.0 Å². The quantitative estimate of drug-likeness (QED) is 0.593. The molecule has 3 nitrogen and oxygen atoms in total. The Morgan fingerprint density at radius 3 is 2.06 bits per heavy atom. The number of likely N-dealkylation sites (N-methyl/N-ethyl adjacent to an activating group) is 1. The van der Waals surface area contributed by atoms with Crippen molar-refractivity contribution >= 4 is 0 Å². The van der Waals surface area contributed by atoms with Crippen molar-refractivity contribution in [2.45, 2.75) is 43.6 Å². The van der Waals surface area contributed by atoms with E-state index in [-0.39, 0.29) is 23.7 Å². The first-order valence-electron chi connectivity index (χ1n) is 9.59. The van der Waals surface area contributed by atoms with Crippen molar-refractivity contribution in [1.29, 1.82) is 0 Å². The van der Waals surface area contributed by atoms with Crippen molar-refractivity contribution in [2.75, 3.05) is 13.6 Å². The average molecular weight is 450 g/mol. The number of alkyl halides is 6. The van der Waals surface area contributed by atoms with Gasteiger partial charge in [-0.1, -0.05) is 29.8 Å². The normalized spacial score (nSPS) is 16.5. The summed E-state index contributed by atoms with van der Waals surface area (Å²) in [5.41, 5.74) is -7.30. The van der Waals surface area contributed by atoms with E-state index in [4.69, 9.17) is 0 Å². The van der Waals surface area contributed by atoms with E-state index >= 15 is 4.39 Å². The summed E-state index contributed by atoms with van der Waals surface area (Å²) >= 11 is 0. The Balaban J connectivity index is 2.33. The van der Waals surface area contributed by atoms with Crippen LogP contribution in [0, 0.1) is 18.7 Å². The summed E-state index contributed by atoms with van der Waals surface area (Å²) in [5, 5.41) is 12.8. The Morgan fingerprint density at radius 2 is 1.61 bits per heavy atom. The molecule has 1 fully saturated rings. The van der Waals surface area contributed by atoms with Gasteiger partial charge in [-0.3, -0.25) is 0 Å². The molecule has 0 amide bonds. The number of halogens is 7. The van der Waals surface area contributed by atoms with Crippen LogP contribution in [0.15, 0.2) is 30.3 Å². The third-order valence-corrected chi connectivity index (χ3v) is 5.51. The predicted molar refractivity (Wildman–Crippen MR) is 99.8 cm³/mol. The van der Waals surface area contributed by atoms with Crippen LogP contribution in [0.25, 0.3) is 11.3 Å². The lowest BCUT2D eigenvalue weighted by Gasteiger charge is -2.33. The molecule has 170 valence electrons. The van der Waals surface area contributed by atoms with Crippen LogP contribution in [0.3, 0.4) is 0 Å². The summed E-state index contributed by atoms with van der Waals surface area (Å²) in [6.45, 7) is 1.95. The highest BCUT2D eigenvalue weighted by Gasteiger charge is 2.72. The fourth-order valence-electron chi connectivity index (χ4n) is 3.60. The van der Waals surface area contributed by atoms with Gasteiger partial charge in [0.15, 0.2) is 5.82 Å². The third-order valence-electron chi connectivity index (χ3n) is 5.51. The van der Waals surface area contributed by atoms with Crippen molar-refractivity contribution in [2.24, 2.45) is 5.92 Å². The van der Waals surface area contributed by atoms with Crippen LogP contribution in [0.1, 0.15) is 35.6 Å². The maximum absolute atomic E-state index is 15.2. The molecule has 0 bridgehead atoms. The minimum atomic E-state index is -6.20. The van der Waals surface area contributed by atoms with Crippen LogP contribution < -0.4 is 5.32 Å². The lowest BCUT2D eigenvalue weighted by Crippen LogP contribution is -2.54. The fourth-order valence-corrected chi connectivity index (χ4v) is 3.60. The topological polar surface area (TPSA) is 45.1 Å². The predicted octanol–water partition coefficient (Wildman–Crippen LogP) is 5.22. The molecule has 1 unspecified atom stereocenters. The molecule has 2 aromatic rings. The fraction of sp³-hybridized carbons (Fsp3) is 0.476. The van der Waals surface area contributed by atoms with Gasteiger partial charge in [-0.05, 0) is 38.8 Å². The molecule has 1 atom stereocenters. The highest BCUT2D eigenvalue weighted by atomic mass is 19.4. The van der Waals surface area contributed by atoms with Gasteiger partial charge in [0.25, 0.3) is 5.60 Å². The van der Waals surface area contributed by atoms with Gasteiger partial charge in [0, 0.05) is 29.3 Å². The van der Waals surface area contributed by atoms with Gasteiger partial charge in [-0.25, -0.2) is 9.37 Å². The van der Waals surface area contributed by atoms with Crippen LogP contribution in [0.2, 0.25) is 0 Å². The lowest BCUT2D eigenvalue weighted by molar-refractivity contribution is -0.377. The van der Waals surface area contributed by atoms with Crippen molar-refractivity contribution in [1.82, 2.24) is 10.3 Å². The number of pyridine rings is 1. The molecular formula is C21H21F7N2O. The smallest absolute Gasteiger partial charge is 0.369 e. The van der Waals surface area contributed by atoms with Crippen LogP contribution in [-0.4, -0.2) is 36.0 Å². The number of aryl methyl sites for hydroxylation is 1. The molecule has 0 aliphatic heterocycles. The Kier molecular flexibility index (Phi) is 6.09. The SMILES string of the molecule is CNCC(c1cc(C(O)(C(F)(F)F)C(F)(F)F)c(F)c(-c2ccc(C)cc2)n1)C1CC1. The average Bonchev–Trinajstić information content (AvgIpc) is 3.50. The number of hydrogen-bond acceptors (Lipinski definition) is 3. The molecule has 1 aromatic carbocycles. The van der Waals surface area contributed by atoms with Gasteiger partial charge in [-0.2, -0.15) is 26.3 Å². The molecule has 10 heteroatoms. The summed E-state index contributed by atoms with van der Waals surface area (Å²) < 4.78 is 96.4. The van der Waals surface area contributed by atoms with Gasteiger partial charge >= 0.3 is 12.4 Å². The Bertz CT molecular complexity index is 920. The molecule has 0 radical (unpaired) electrons. The first-order valence-corrected chi connectivity index (χ1v) is 9.59. The zero-order valence-electron chi connectivity index (χ0n) is 16.7. The number of nitrogens with zero attached hydrogens (tertiary/aromatic N) is 1. The zero-order valence-corrected chi connectivity index (χ0v) is 16.7. The minimum absolute atomic E-state index is 0.00556. The van der Waals surface area contributed by atoms with Gasteiger partial charge in [-0.15, -0.1) is 0 Å². The molecule has 1 aliphatic carbocycles. The molecule has 0 saturated heterocycles. The Morgan fingerprint density at radius 1 is 1.06 bits per heavy atom. The summed E-state index contributed by atoms with van der Waals surface area (Å²) in [7, 11) is 1.59. The molecule has 3 rings (SSSR count). The Labute approximate surface area is 174 Å². The van der Waals surface area contributed by atoms with Crippen molar-refractivity contribution < 1.29 is 35.8 Å². The number of aromatic nitrogens is 1. The number of nitrogens with one attached hydrogen (secondary N) is 1. The van der Waals surface area contributed by atoms with E-state index < -0.39 is 40.9 Å². The van der Waals surface area contributed by atoms with Crippen molar-refractivity contribution in [3.05, 3.63) is 53.0 Å². The van der Waals surface area contributed by atoms with E-state index in [0.717, 1.165) is 18.4 Å². The summed E-state index contributed by atoms with van der Waals surface area (Å²) in [4.78, 5) is 4.13. The minimum Gasteiger partial charge on any atom is -0.369 e. The van der Waals surface area contributed by atoms with Gasteiger partial charge in [0.1, 0.15) is 5.69 Å². The number of aliphatic hydroxyl groups is 1. The van der Waals surface area contributed by atoms with Gasteiger partial charge in [0.05, 0.1) is 0 Å². The van der Waals surface area contributed by atoms with Crippen molar-refractivity contribution in [3.8, 4) is 11.3 Å². The van der Waals surface area contributed by atoms with Crippen LogP contribution in [-0.2, 0) is 5.60 Å². The first kappa shape index (κ1) is 23.5. The molecule has 0 spiro atoms. The van der Waals surface area contributed by atoms with E-state index in [2.05, 4.69) is 10.3 Å². The van der Waals surface area contributed by atoms with Crippen LogP contribution in [0.5, 0.6) is 0 Å². The number of rotatable bonds is 6. The highest BCUT2D eigenvalue weighted by molar-refractivity contribution is 5.62. The first-order chi connectivity index (χ1) is 14.3. The monoisotopic (exact) mass is 450 g/mol. The molecular weight excluding hydrogens is 429 g/mol. The molecule has 1 aliphatic rings. The number of benzene rings is 1. The van der Waals surface area contributed by atoms with Crippen LogP contribution in [0.4, 0.5) is 30.7 Å². The highest BCUT2D eigenvalue weighted by Crippen LogP contribution is 2.52.